The first-order valence-electron chi connectivity index (χ1n) is 7.80. The van der Waals surface area contributed by atoms with Gasteiger partial charge < -0.3 is 10.1 Å². The molecule has 3 heteroatoms. The van der Waals surface area contributed by atoms with Crippen molar-refractivity contribution in [2.45, 2.75) is 39.3 Å². The molecule has 1 aliphatic carbocycles. The summed E-state index contributed by atoms with van der Waals surface area (Å²) >= 11 is 0. The van der Waals surface area contributed by atoms with Gasteiger partial charge in [-0.2, -0.15) is 0 Å². The monoisotopic (exact) mass is 276 g/mol. The maximum atomic E-state index is 6.00. The maximum Gasteiger partial charge on any atom is 0.123 e. The Balaban J connectivity index is 1.82. The van der Waals surface area contributed by atoms with Crippen molar-refractivity contribution in [3.05, 3.63) is 29.8 Å². The molecule has 0 saturated heterocycles. The van der Waals surface area contributed by atoms with Crippen molar-refractivity contribution < 1.29 is 4.74 Å². The summed E-state index contributed by atoms with van der Waals surface area (Å²) in [4.78, 5) is 2.59. The van der Waals surface area contributed by atoms with Crippen molar-refractivity contribution in [3.63, 3.8) is 0 Å². The van der Waals surface area contributed by atoms with Gasteiger partial charge in [0.1, 0.15) is 12.4 Å². The van der Waals surface area contributed by atoms with Crippen LogP contribution < -0.4 is 10.1 Å². The Bertz CT molecular complexity index is 402. The van der Waals surface area contributed by atoms with Gasteiger partial charge >= 0.3 is 0 Å². The average molecular weight is 276 g/mol. The van der Waals surface area contributed by atoms with Gasteiger partial charge in [-0.05, 0) is 31.9 Å². The van der Waals surface area contributed by atoms with Gasteiger partial charge in [0, 0.05) is 31.2 Å². The van der Waals surface area contributed by atoms with E-state index in [0.29, 0.717) is 0 Å². The average Bonchev–Trinajstić information content (AvgIpc) is 3.24. The van der Waals surface area contributed by atoms with Gasteiger partial charge in [-0.1, -0.05) is 32.0 Å². The highest BCUT2D eigenvalue weighted by Gasteiger charge is 2.28. The Morgan fingerprint density at radius 2 is 2.05 bits per heavy atom. The van der Waals surface area contributed by atoms with E-state index in [1.165, 1.54) is 24.9 Å². The lowest BCUT2D eigenvalue weighted by atomic mass is 10.2. The molecule has 0 bridgehead atoms. The lowest BCUT2D eigenvalue weighted by Gasteiger charge is -2.24. The molecule has 0 atom stereocenters. The van der Waals surface area contributed by atoms with E-state index in [9.17, 15) is 0 Å². The van der Waals surface area contributed by atoms with E-state index in [1.807, 2.05) is 13.1 Å². The number of nitrogens with one attached hydrogen (secondary N) is 1. The molecule has 1 fully saturated rings. The minimum atomic E-state index is 0.729. The second kappa shape index (κ2) is 7.65. The largest absolute Gasteiger partial charge is 0.492 e. The summed E-state index contributed by atoms with van der Waals surface area (Å²) in [6, 6.07) is 9.11. The van der Waals surface area contributed by atoms with Crippen LogP contribution >= 0.6 is 0 Å². The topological polar surface area (TPSA) is 24.5 Å². The van der Waals surface area contributed by atoms with Crippen LogP contribution in [0.2, 0.25) is 0 Å². The minimum Gasteiger partial charge on any atom is -0.492 e. The van der Waals surface area contributed by atoms with Gasteiger partial charge in [-0.3, -0.25) is 4.90 Å². The van der Waals surface area contributed by atoms with Crippen molar-refractivity contribution in [2.24, 2.45) is 5.92 Å². The number of para-hydroxylation sites is 1. The fourth-order valence-corrected chi connectivity index (χ4v) is 2.59. The first-order chi connectivity index (χ1) is 9.70. The standard InChI is InChI=1S/C17H28N2O/c1-14(2)13-19(16-8-9-16)10-11-20-17-7-5-4-6-15(17)12-18-3/h4-7,14,16,18H,8-13H2,1-3H3. The number of ether oxygens (including phenoxy) is 1. The predicted molar refractivity (Wildman–Crippen MR) is 84.1 cm³/mol. The van der Waals surface area contributed by atoms with Gasteiger partial charge in [-0.15, -0.1) is 0 Å². The molecule has 1 aromatic carbocycles. The van der Waals surface area contributed by atoms with Gasteiger partial charge in [0.15, 0.2) is 0 Å². The summed E-state index contributed by atoms with van der Waals surface area (Å²) in [6.07, 6.45) is 2.73. The molecular weight excluding hydrogens is 248 g/mol. The number of hydrogen-bond donors (Lipinski definition) is 1. The van der Waals surface area contributed by atoms with E-state index < -0.39 is 0 Å². The van der Waals surface area contributed by atoms with E-state index in [2.05, 4.69) is 42.3 Å². The molecule has 0 aliphatic heterocycles. The van der Waals surface area contributed by atoms with Crippen LogP contribution in [0.3, 0.4) is 0 Å². The summed E-state index contributed by atoms with van der Waals surface area (Å²) < 4.78 is 6.00. The summed E-state index contributed by atoms with van der Waals surface area (Å²) in [5.41, 5.74) is 1.23. The molecule has 3 nitrogen and oxygen atoms in total. The van der Waals surface area contributed by atoms with E-state index in [0.717, 1.165) is 37.4 Å². The van der Waals surface area contributed by atoms with Crippen LogP contribution in [-0.2, 0) is 6.54 Å². The fraction of sp³-hybridized carbons (Fsp3) is 0.647. The highest BCUT2D eigenvalue weighted by Crippen LogP contribution is 2.27. The number of hydrogen-bond acceptors (Lipinski definition) is 3. The molecule has 20 heavy (non-hydrogen) atoms. The molecule has 2 rings (SSSR count). The van der Waals surface area contributed by atoms with Crippen LogP contribution in [0.4, 0.5) is 0 Å². The number of benzene rings is 1. The van der Waals surface area contributed by atoms with Crippen LogP contribution in [0.5, 0.6) is 5.75 Å². The number of nitrogens with zero attached hydrogens (tertiary/aromatic N) is 1. The van der Waals surface area contributed by atoms with Crippen molar-refractivity contribution in [3.8, 4) is 5.75 Å². The third kappa shape index (κ3) is 4.80. The first-order valence-corrected chi connectivity index (χ1v) is 7.80. The number of rotatable bonds is 9. The summed E-state index contributed by atoms with van der Waals surface area (Å²) in [5, 5.41) is 3.19. The highest BCUT2D eigenvalue weighted by molar-refractivity contribution is 5.33. The summed E-state index contributed by atoms with van der Waals surface area (Å²) in [7, 11) is 1.97. The summed E-state index contributed by atoms with van der Waals surface area (Å²) in [6.45, 7) is 8.44. The third-order valence-electron chi connectivity index (χ3n) is 3.64. The molecular formula is C17H28N2O. The zero-order valence-electron chi connectivity index (χ0n) is 13.1. The zero-order chi connectivity index (χ0) is 14.4. The first kappa shape index (κ1) is 15.3. The molecule has 1 N–H and O–H groups in total. The quantitative estimate of drug-likeness (QED) is 0.750. The van der Waals surface area contributed by atoms with Crippen molar-refractivity contribution in [1.29, 1.82) is 0 Å². The third-order valence-corrected chi connectivity index (χ3v) is 3.64. The van der Waals surface area contributed by atoms with Gasteiger partial charge in [-0.25, -0.2) is 0 Å². The molecule has 1 aromatic rings. The predicted octanol–water partition coefficient (Wildman–Crippen LogP) is 2.91. The van der Waals surface area contributed by atoms with Crippen LogP contribution in [0.1, 0.15) is 32.3 Å². The SMILES string of the molecule is CNCc1ccccc1OCCN(CC(C)C)C1CC1. The summed E-state index contributed by atoms with van der Waals surface area (Å²) in [5.74, 6) is 1.74. The van der Waals surface area contributed by atoms with Crippen LogP contribution in [0.15, 0.2) is 24.3 Å². The molecule has 112 valence electrons. The van der Waals surface area contributed by atoms with Gasteiger partial charge in [0.2, 0.25) is 0 Å². The van der Waals surface area contributed by atoms with E-state index in [4.69, 9.17) is 4.74 Å². The van der Waals surface area contributed by atoms with E-state index in [-0.39, 0.29) is 0 Å². The van der Waals surface area contributed by atoms with E-state index >= 15 is 0 Å². The van der Waals surface area contributed by atoms with Crippen molar-refractivity contribution >= 4 is 0 Å². The zero-order valence-corrected chi connectivity index (χ0v) is 13.1. The Hall–Kier alpha value is -1.06. The molecule has 0 aromatic heterocycles. The molecule has 0 amide bonds. The molecule has 0 spiro atoms. The van der Waals surface area contributed by atoms with Crippen LogP contribution in [-0.4, -0.2) is 37.7 Å². The van der Waals surface area contributed by atoms with Gasteiger partial charge in [0.25, 0.3) is 0 Å². The van der Waals surface area contributed by atoms with Crippen molar-refractivity contribution in [2.75, 3.05) is 26.7 Å². The molecule has 1 saturated carbocycles. The minimum absolute atomic E-state index is 0.729. The molecule has 1 aliphatic rings. The smallest absolute Gasteiger partial charge is 0.123 e. The van der Waals surface area contributed by atoms with Crippen LogP contribution in [0, 0.1) is 5.92 Å². The second-order valence-corrected chi connectivity index (χ2v) is 6.11. The Morgan fingerprint density at radius 3 is 2.70 bits per heavy atom. The van der Waals surface area contributed by atoms with Gasteiger partial charge in [0.05, 0.1) is 0 Å². The molecule has 0 unspecified atom stereocenters. The normalized spacial score (nSPS) is 15.1. The van der Waals surface area contributed by atoms with Crippen LogP contribution in [0.25, 0.3) is 0 Å². The lowest BCUT2D eigenvalue weighted by molar-refractivity contribution is 0.185. The highest BCUT2D eigenvalue weighted by atomic mass is 16.5. The molecule has 0 radical (unpaired) electrons. The lowest BCUT2D eigenvalue weighted by Crippen LogP contribution is -2.33. The van der Waals surface area contributed by atoms with E-state index in [1.54, 1.807) is 0 Å². The fourth-order valence-electron chi connectivity index (χ4n) is 2.59. The Labute approximate surface area is 123 Å². The molecule has 0 heterocycles. The second-order valence-electron chi connectivity index (χ2n) is 6.11. The van der Waals surface area contributed by atoms with Crippen molar-refractivity contribution in [1.82, 2.24) is 10.2 Å². The Morgan fingerprint density at radius 1 is 1.30 bits per heavy atom. The Kier molecular flexibility index (Phi) is 5.86. The maximum absolute atomic E-state index is 6.00.